The van der Waals surface area contributed by atoms with E-state index in [1.807, 2.05) is 0 Å². The minimum atomic E-state index is -3.83. The molecular formula is C10H15FN2O3S. The lowest BCUT2D eigenvalue weighted by molar-refractivity contribution is 0.180. The molecular weight excluding hydrogens is 247 g/mol. The summed E-state index contributed by atoms with van der Waals surface area (Å²) in [5.41, 5.74) is 5.01. The molecule has 96 valence electrons. The van der Waals surface area contributed by atoms with Gasteiger partial charge in [-0.15, -0.1) is 0 Å². The van der Waals surface area contributed by atoms with Gasteiger partial charge >= 0.3 is 0 Å². The van der Waals surface area contributed by atoms with Gasteiger partial charge in [-0.25, -0.2) is 17.5 Å². The van der Waals surface area contributed by atoms with Crippen molar-refractivity contribution in [1.82, 2.24) is 4.72 Å². The number of para-hydroxylation sites is 1. The molecule has 1 atom stereocenters. The van der Waals surface area contributed by atoms with Crippen LogP contribution in [0.2, 0.25) is 0 Å². The van der Waals surface area contributed by atoms with Gasteiger partial charge in [-0.1, -0.05) is 6.07 Å². The van der Waals surface area contributed by atoms with E-state index in [0.29, 0.717) is 0 Å². The van der Waals surface area contributed by atoms with Crippen LogP contribution in [0.4, 0.5) is 10.1 Å². The first-order valence-electron chi connectivity index (χ1n) is 4.93. The van der Waals surface area contributed by atoms with Gasteiger partial charge in [-0.2, -0.15) is 0 Å². The molecule has 0 aromatic heterocycles. The van der Waals surface area contributed by atoms with Gasteiger partial charge in [0.15, 0.2) is 0 Å². The van der Waals surface area contributed by atoms with Crippen molar-refractivity contribution in [1.29, 1.82) is 0 Å². The molecule has 0 aliphatic carbocycles. The van der Waals surface area contributed by atoms with Gasteiger partial charge in [-0.3, -0.25) is 0 Å². The zero-order valence-corrected chi connectivity index (χ0v) is 10.4. The fourth-order valence-corrected chi connectivity index (χ4v) is 2.73. The summed E-state index contributed by atoms with van der Waals surface area (Å²) in [6.07, 6.45) is 0. The molecule has 1 aromatic rings. The van der Waals surface area contributed by atoms with Crippen molar-refractivity contribution >= 4 is 15.7 Å². The Morgan fingerprint density at radius 1 is 1.53 bits per heavy atom. The molecule has 0 fully saturated rings. The van der Waals surface area contributed by atoms with E-state index in [9.17, 15) is 12.8 Å². The number of methoxy groups -OCH3 is 1. The fraction of sp³-hybridized carbons (Fsp3) is 0.400. The van der Waals surface area contributed by atoms with Crippen LogP contribution in [0.5, 0.6) is 0 Å². The molecule has 7 heteroatoms. The van der Waals surface area contributed by atoms with E-state index in [0.717, 1.165) is 6.07 Å². The maximum atomic E-state index is 13.2. The number of anilines is 1. The van der Waals surface area contributed by atoms with Crippen LogP contribution in [0.3, 0.4) is 0 Å². The Morgan fingerprint density at radius 3 is 2.76 bits per heavy atom. The molecule has 1 aromatic carbocycles. The summed E-state index contributed by atoms with van der Waals surface area (Å²) >= 11 is 0. The Bertz CT molecular complexity index is 490. The summed E-state index contributed by atoms with van der Waals surface area (Å²) < 4.78 is 44.1. The molecule has 3 N–H and O–H groups in total. The van der Waals surface area contributed by atoms with E-state index in [-0.39, 0.29) is 17.2 Å². The quantitative estimate of drug-likeness (QED) is 0.766. The second-order valence-electron chi connectivity index (χ2n) is 3.63. The average molecular weight is 262 g/mol. The van der Waals surface area contributed by atoms with Crippen molar-refractivity contribution in [3.63, 3.8) is 0 Å². The van der Waals surface area contributed by atoms with Crippen LogP contribution < -0.4 is 10.5 Å². The minimum absolute atomic E-state index is 0.217. The zero-order chi connectivity index (χ0) is 13.1. The molecule has 0 saturated heterocycles. The first-order valence-corrected chi connectivity index (χ1v) is 6.42. The molecule has 5 nitrogen and oxygen atoms in total. The smallest absolute Gasteiger partial charge is 0.243 e. The van der Waals surface area contributed by atoms with Crippen LogP contribution in [-0.2, 0) is 14.8 Å². The second-order valence-corrected chi connectivity index (χ2v) is 5.31. The van der Waals surface area contributed by atoms with Crippen molar-refractivity contribution in [3.05, 3.63) is 24.0 Å². The van der Waals surface area contributed by atoms with Crippen molar-refractivity contribution < 1.29 is 17.5 Å². The number of hydrogen-bond donors (Lipinski definition) is 2. The average Bonchev–Trinajstić information content (AvgIpc) is 2.21. The Kier molecular flexibility index (Phi) is 4.44. The summed E-state index contributed by atoms with van der Waals surface area (Å²) in [5.74, 6) is -0.757. The van der Waals surface area contributed by atoms with Crippen molar-refractivity contribution in [2.45, 2.75) is 17.9 Å². The molecule has 17 heavy (non-hydrogen) atoms. The number of nitrogens with one attached hydrogen (secondary N) is 1. The summed E-state index contributed by atoms with van der Waals surface area (Å²) in [7, 11) is -2.37. The third-order valence-corrected chi connectivity index (χ3v) is 3.72. The lowest BCUT2D eigenvalue weighted by Crippen LogP contribution is -2.36. The SMILES string of the molecule is COCC(C)NS(=O)(=O)c1cccc(F)c1N. The maximum absolute atomic E-state index is 13.2. The lowest BCUT2D eigenvalue weighted by Gasteiger charge is -2.14. The molecule has 0 radical (unpaired) electrons. The number of ether oxygens (including phenoxy) is 1. The predicted molar refractivity (Wildman–Crippen MR) is 62.5 cm³/mol. The van der Waals surface area contributed by atoms with Crippen LogP contribution in [0.15, 0.2) is 23.1 Å². The van der Waals surface area contributed by atoms with E-state index in [1.54, 1.807) is 6.92 Å². The van der Waals surface area contributed by atoms with Crippen LogP contribution >= 0.6 is 0 Å². The zero-order valence-electron chi connectivity index (χ0n) is 9.60. The topological polar surface area (TPSA) is 81.4 Å². The number of sulfonamides is 1. The molecule has 0 heterocycles. The van der Waals surface area contributed by atoms with E-state index < -0.39 is 21.9 Å². The summed E-state index contributed by atoms with van der Waals surface area (Å²) in [6, 6.07) is 3.22. The number of rotatable bonds is 5. The van der Waals surface area contributed by atoms with Gasteiger partial charge in [-0.05, 0) is 19.1 Å². The standard InChI is InChI=1S/C10H15FN2O3S/c1-7(6-16-2)13-17(14,15)9-5-3-4-8(11)10(9)12/h3-5,7,13H,6,12H2,1-2H3. The van der Waals surface area contributed by atoms with Crippen molar-refractivity contribution in [2.75, 3.05) is 19.5 Å². The van der Waals surface area contributed by atoms with E-state index in [4.69, 9.17) is 10.5 Å². The van der Waals surface area contributed by atoms with Gasteiger partial charge in [0.2, 0.25) is 10.0 Å². The van der Waals surface area contributed by atoms with Gasteiger partial charge in [0, 0.05) is 13.2 Å². The monoisotopic (exact) mass is 262 g/mol. The molecule has 0 spiro atoms. The van der Waals surface area contributed by atoms with E-state index in [2.05, 4.69) is 4.72 Å². The number of nitrogens with two attached hydrogens (primary N) is 1. The molecule has 1 unspecified atom stereocenters. The van der Waals surface area contributed by atoms with Gasteiger partial charge < -0.3 is 10.5 Å². The number of halogens is 1. The normalized spacial score (nSPS) is 13.6. The third kappa shape index (κ3) is 3.39. The predicted octanol–water partition coefficient (Wildman–Crippen LogP) is 0.721. The largest absolute Gasteiger partial charge is 0.395 e. The molecule has 0 amide bonds. The highest BCUT2D eigenvalue weighted by molar-refractivity contribution is 7.89. The first kappa shape index (κ1) is 13.9. The molecule has 0 bridgehead atoms. The van der Waals surface area contributed by atoms with Crippen molar-refractivity contribution in [2.24, 2.45) is 0 Å². The minimum Gasteiger partial charge on any atom is -0.395 e. The number of benzene rings is 1. The van der Waals surface area contributed by atoms with E-state index >= 15 is 0 Å². The summed E-state index contributed by atoms with van der Waals surface area (Å²) in [4.78, 5) is -0.263. The van der Waals surface area contributed by atoms with Gasteiger partial charge in [0.25, 0.3) is 0 Å². The molecule has 0 aliphatic heterocycles. The third-order valence-electron chi connectivity index (χ3n) is 2.08. The maximum Gasteiger partial charge on any atom is 0.243 e. The fourth-order valence-electron chi connectivity index (χ4n) is 1.36. The highest BCUT2D eigenvalue weighted by atomic mass is 32.2. The van der Waals surface area contributed by atoms with Crippen LogP contribution in [0, 0.1) is 5.82 Å². The van der Waals surface area contributed by atoms with Gasteiger partial charge in [0.1, 0.15) is 10.7 Å². The van der Waals surface area contributed by atoms with Crippen LogP contribution in [0.1, 0.15) is 6.92 Å². The summed E-state index contributed by atoms with van der Waals surface area (Å²) in [5, 5.41) is 0. The highest BCUT2D eigenvalue weighted by Crippen LogP contribution is 2.20. The highest BCUT2D eigenvalue weighted by Gasteiger charge is 2.21. The molecule has 1 rings (SSSR count). The van der Waals surface area contributed by atoms with Gasteiger partial charge in [0.05, 0.1) is 12.3 Å². The van der Waals surface area contributed by atoms with Crippen LogP contribution in [-0.4, -0.2) is 28.2 Å². The first-order chi connectivity index (χ1) is 7.88. The Labute approximate surface area is 99.8 Å². The van der Waals surface area contributed by atoms with Crippen LogP contribution in [0.25, 0.3) is 0 Å². The van der Waals surface area contributed by atoms with E-state index in [1.165, 1.54) is 19.2 Å². The van der Waals surface area contributed by atoms with Crippen molar-refractivity contribution in [3.8, 4) is 0 Å². The molecule has 0 aliphatic rings. The number of hydrogen-bond acceptors (Lipinski definition) is 4. The second kappa shape index (κ2) is 5.44. The number of nitrogen functional groups attached to an aromatic ring is 1. The Balaban J connectivity index is 3.02. The Morgan fingerprint density at radius 2 is 2.18 bits per heavy atom. The summed E-state index contributed by atoms with van der Waals surface area (Å²) in [6.45, 7) is 1.85. The lowest BCUT2D eigenvalue weighted by atomic mass is 10.3. The molecule has 0 saturated carbocycles. The Hall–Kier alpha value is -1.18.